The minimum atomic E-state index is -0.606. The Hall–Kier alpha value is -3.87. The molecule has 0 unspecified atom stereocenters. The Bertz CT molecular complexity index is 1090. The monoisotopic (exact) mass is 375 g/mol. The molecule has 1 amide bonds. The smallest absolute Gasteiger partial charge is 0.413 e. The van der Waals surface area contributed by atoms with E-state index in [1.54, 1.807) is 13.4 Å². The molecule has 0 aliphatic heterocycles. The summed E-state index contributed by atoms with van der Waals surface area (Å²) in [5.41, 5.74) is 2.92. The highest BCUT2D eigenvalue weighted by atomic mass is 16.5. The number of carbonyl (C=O) groups excluding carboxylic acids is 1. The first-order valence-corrected chi connectivity index (χ1v) is 8.59. The first-order chi connectivity index (χ1) is 13.7. The van der Waals surface area contributed by atoms with Crippen LogP contribution in [0.3, 0.4) is 0 Å². The van der Waals surface area contributed by atoms with Crippen LogP contribution < -0.4 is 10.1 Å². The number of fused-ring (bicyclic) bond motifs is 1. The summed E-state index contributed by atoms with van der Waals surface area (Å²) in [5, 5.41) is 3.28. The number of amides is 1. The summed E-state index contributed by atoms with van der Waals surface area (Å²) in [7, 11) is 1.61. The zero-order valence-corrected chi connectivity index (χ0v) is 15.1. The van der Waals surface area contributed by atoms with Crippen molar-refractivity contribution in [1.29, 1.82) is 0 Å². The van der Waals surface area contributed by atoms with Crippen molar-refractivity contribution in [1.82, 2.24) is 9.97 Å². The van der Waals surface area contributed by atoms with Crippen molar-refractivity contribution in [3.05, 3.63) is 72.8 Å². The van der Waals surface area contributed by atoms with Gasteiger partial charge in [0.1, 0.15) is 24.9 Å². The second-order valence-corrected chi connectivity index (χ2v) is 5.97. The Morgan fingerprint density at radius 3 is 2.61 bits per heavy atom. The summed E-state index contributed by atoms with van der Waals surface area (Å²) in [6, 6.07) is 16.9. The van der Waals surface area contributed by atoms with Crippen molar-refractivity contribution in [2.45, 2.75) is 6.61 Å². The maximum atomic E-state index is 12.2. The zero-order valence-electron chi connectivity index (χ0n) is 15.1. The van der Waals surface area contributed by atoms with E-state index in [0.29, 0.717) is 16.9 Å². The van der Waals surface area contributed by atoms with Crippen LogP contribution in [0.5, 0.6) is 5.75 Å². The van der Waals surface area contributed by atoms with E-state index in [1.165, 1.54) is 6.33 Å². The third kappa shape index (κ3) is 3.64. The molecule has 0 aliphatic carbocycles. The molecule has 0 spiro atoms. The fraction of sp³-hybridized carbons (Fsp3) is 0.0952. The molecule has 0 saturated heterocycles. The van der Waals surface area contributed by atoms with Crippen LogP contribution in [0.15, 0.2) is 71.6 Å². The lowest BCUT2D eigenvalue weighted by molar-refractivity contribution is 0.155. The van der Waals surface area contributed by atoms with E-state index in [9.17, 15) is 4.79 Å². The van der Waals surface area contributed by atoms with Crippen LogP contribution in [0.1, 0.15) is 5.56 Å². The first-order valence-electron chi connectivity index (χ1n) is 8.59. The van der Waals surface area contributed by atoms with Gasteiger partial charge in [-0.15, -0.1) is 0 Å². The summed E-state index contributed by atoms with van der Waals surface area (Å²) in [6.45, 7) is 0.164. The van der Waals surface area contributed by atoms with Crippen LogP contribution in [-0.2, 0) is 11.3 Å². The van der Waals surface area contributed by atoms with E-state index >= 15 is 0 Å². The van der Waals surface area contributed by atoms with Crippen molar-refractivity contribution in [2.24, 2.45) is 0 Å². The molecule has 4 aromatic rings. The van der Waals surface area contributed by atoms with E-state index in [2.05, 4.69) is 15.3 Å². The average molecular weight is 375 g/mol. The number of methoxy groups -OCH3 is 1. The van der Waals surface area contributed by atoms with Gasteiger partial charge in [0, 0.05) is 5.56 Å². The fourth-order valence-electron chi connectivity index (χ4n) is 2.81. The largest absolute Gasteiger partial charge is 0.497 e. The minimum Gasteiger partial charge on any atom is -0.497 e. The molecule has 7 nitrogen and oxygen atoms in total. The Balaban J connectivity index is 1.58. The van der Waals surface area contributed by atoms with E-state index in [-0.39, 0.29) is 6.61 Å². The molecule has 2 aromatic carbocycles. The number of anilines is 1. The third-order valence-electron chi connectivity index (χ3n) is 4.20. The maximum Gasteiger partial charge on any atom is 0.413 e. The Morgan fingerprint density at radius 2 is 1.86 bits per heavy atom. The molecular weight excluding hydrogens is 358 g/mol. The molecule has 0 aliphatic rings. The second-order valence-electron chi connectivity index (χ2n) is 5.97. The minimum absolute atomic E-state index is 0.164. The van der Waals surface area contributed by atoms with Crippen molar-refractivity contribution in [3.8, 4) is 16.9 Å². The molecule has 2 aromatic heterocycles. The number of rotatable bonds is 5. The van der Waals surface area contributed by atoms with Gasteiger partial charge < -0.3 is 13.9 Å². The molecule has 0 atom stereocenters. The number of hydrogen-bond acceptors (Lipinski definition) is 6. The van der Waals surface area contributed by atoms with Crippen molar-refractivity contribution in [3.63, 3.8) is 0 Å². The second kappa shape index (κ2) is 7.79. The Morgan fingerprint density at radius 1 is 1.07 bits per heavy atom. The fourth-order valence-corrected chi connectivity index (χ4v) is 2.81. The van der Waals surface area contributed by atoms with E-state index in [4.69, 9.17) is 13.9 Å². The predicted molar refractivity (Wildman–Crippen MR) is 104 cm³/mol. The van der Waals surface area contributed by atoms with E-state index in [1.807, 2.05) is 54.6 Å². The van der Waals surface area contributed by atoms with Crippen molar-refractivity contribution < 1.29 is 18.7 Å². The summed E-state index contributed by atoms with van der Waals surface area (Å²) in [4.78, 5) is 20.6. The van der Waals surface area contributed by atoms with Gasteiger partial charge in [-0.2, -0.15) is 0 Å². The van der Waals surface area contributed by atoms with Gasteiger partial charge in [-0.3, -0.25) is 5.32 Å². The highest BCUT2D eigenvalue weighted by Crippen LogP contribution is 2.34. The SMILES string of the molecule is COc1ccc(-c2coc3ncnc(NC(=O)OCc4ccccc4)c23)cc1. The summed E-state index contributed by atoms with van der Waals surface area (Å²) < 4.78 is 16.0. The molecule has 7 heteroatoms. The Kier molecular flexibility index (Phi) is 4.88. The lowest BCUT2D eigenvalue weighted by atomic mass is 10.1. The quantitative estimate of drug-likeness (QED) is 0.546. The molecule has 0 radical (unpaired) electrons. The standard InChI is InChI=1S/C21H17N3O4/c1-26-16-9-7-15(8-10-16)17-12-27-20-18(17)19(22-13-23-20)24-21(25)28-11-14-5-3-2-4-6-14/h2-10,12-13H,11H2,1H3,(H,22,23,24,25). The van der Waals surface area contributed by atoms with Crippen LogP contribution in [0, 0.1) is 0 Å². The molecule has 0 fully saturated rings. The number of carbonyl (C=O) groups is 1. The number of nitrogens with one attached hydrogen (secondary N) is 1. The number of hydrogen-bond donors (Lipinski definition) is 1. The molecule has 0 saturated carbocycles. The van der Waals surface area contributed by atoms with Gasteiger partial charge >= 0.3 is 6.09 Å². The van der Waals surface area contributed by atoms with Crippen molar-refractivity contribution >= 4 is 23.0 Å². The van der Waals surface area contributed by atoms with Gasteiger partial charge in [0.2, 0.25) is 5.71 Å². The molecule has 28 heavy (non-hydrogen) atoms. The van der Waals surface area contributed by atoms with Gasteiger partial charge in [-0.05, 0) is 23.3 Å². The lowest BCUT2D eigenvalue weighted by Crippen LogP contribution is -2.14. The lowest BCUT2D eigenvalue weighted by Gasteiger charge is -2.08. The third-order valence-corrected chi connectivity index (χ3v) is 4.20. The molecule has 4 rings (SSSR count). The summed E-state index contributed by atoms with van der Waals surface area (Å²) in [5.74, 6) is 1.07. The number of furan rings is 1. The van der Waals surface area contributed by atoms with Gasteiger partial charge in [-0.1, -0.05) is 42.5 Å². The predicted octanol–water partition coefficient (Wildman–Crippen LogP) is 4.65. The highest BCUT2D eigenvalue weighted by Gasteiger charge is 2.17. The number of benzene rings is 2. The normalized spacial score (nSPS) is 10.6. The van der Waals surface area contributed by atoms with Crippen LogP contribution in [0.4, 0.5) is 10.6 Å². The van der Waals surface area contributed by atoms with Crippen LogP contribution in [0.2, 0.25) is 0 Å². The van der Waals surface area contributed by atoms with Gasteiger partial charge in [-0.25, -0.2) is 14.8 Å². The van der Waals surface area contributed by atoms with Crippen LogP contribution in [0.25, 0.3) is 22.2 Å². The molecule has 0 bridgehead atoms. The van der Waals surface area contributed by atoms with Crippen LogP contribution in [-0.4, -0.2) is 23.2 Å². The topological polar surface area (TPSA) is 86.5 Å². The van der Waals surface area contributed by atoms with E-state index < -0.39 is 6.09 Å². The summed E-state index contributed by atoms with van der Waals surface area (Å²) in [6.07, 6.45) is 2.31. The molecule has 1 N–H and O–H groups in total. The van der Waals surface area contributed by atoms with Gasteiger partial charge in [0.25, 0.3) is 0 Å². The van der Waals surface area contributed by atoms with E-state index in [0.717, 1.165) is 22.4 Å². The van der Waals surface area contributed by atoms with Crippen LogP contribution >= 0.6 is 0 Å². The molecular formula is C21H17N3O4. The number of ether oxygens (including phenoxy) is 2. The highest BCUT2D eigenvalue weighted by molar-refractivity contribution is 6.03. The number of aromatic nitrogens is 2. The van der Waals surface area contributed by atoms with Crippen molar-refractivity contribution in [2.75, 3.05) is 12.4 Å². The Labute approximate surface area is 160 Å². The molecule has 140 valence electrons. The van der Waals surface area contributed by atoms with Gasteiger partial charge in [0.05, 0.1) is 12.5 Å². The maximum absolute atomic E-state index is 12.2. The van der Waals surface area contributed by atoms with Gasteiger partial charge in [0.15, 0.2) is 5.82 Å². The zero-order chi connectivity index (χ0) is 19.3. The summed E-state index contributed by atoms with van der Waals surface area (Å²) >= 11 is 0. The number of nitrogens with zero attached hydrogens (tertiary/aromatic N) is 2. The molecule has 2 heterocycles. The average Bonchev–Trinajstić information content (AvgIpc) is 3.18. The first kappa shape index (κ1) is 17.5.